The van der Waals surface area contributed by atoms with E-state index in [4.69, 9.17) is 13.9 Å². The molecule has 29 heavy (non-hydrogen) atoms. The normalized spacial score (nSPS) is 12.0. The Kier molecular flexibility index (Phi) is 6.08. The van der Waals surface area contributed by atoms with Gasteiger partial charge in [0.2, 0.25) is 11.8 Å². The molecular formula is C20H22N4O5. The smallest absolute Gasteiger partial charge is 0.269 e. The summed E-state index contributed by atoms with van der Waals surface area (Å²) in [5.74, 6) is 2.12. The van der Waals surface area contributed by atoms with Gasteiger partial charge in [-0.15, -0.1) is 10.2 Å². The minimum atomic E-state index is -0.451. The van der Waals surface area contributed by atoms with Crippen LogP contribution in [0.15, 0.2) is 46.9 Å². The Balaban J connectivity index is 1.76. The van der Waals surface area contributed by atoms with E-state index in [0.717, 1.165) is 5.56 Å². The molecule has 9 nitrogen and oxygen atoms in total. The van der Waals surface area contributed by atoms with Crippen LogP contribution in [0.5, 0.6) is 11.5 Å². The Morgan fingerprint density at radius 1 is 1.14 bits per heavy atom. The number of rotatable bonds is 8. The van der Waals surface area contributed by atoms with Crippen LogP contribution in [0, 0.1) is 10.1 Å². The molecule has 2 aromatic carbocycles. The quantitative estimate of drug-likeness (QED) is 0.416. The van der Waals surface area contributed by atoms with Gasteiger partial charge in [-0.2, -0.15) is 0 Å². The van der Waals surface area contributed by atoms with E-state index in [0.29, 0.717) is 35.4 Å². The van der Waals surface area contributed by atoms with Crippen LogP contribution in [0.1, 0.15) is 24.4 Å². The molecule has 0 spiro atoms. The zero-order chi connectivity index (χ0) is 21.0. The highest BCUT2D eigenvalue weighted by molar-refractivity contribution is 5.55. The third-order valence-electron chi connectivity index (χ3n) is 4.69. The predicted octanol–water partition coefficient (Wildman–Crippen LogP) is 3.86. The lowest BCUT2D eigenvalue weighted by Crippen LogP contribution is -2.22. The van der Waals surface area contributed by atoms with Crippen LogP contribution in [-0.4, -0.2) is 41.3 Å². The van der Waals surface area contributed by atoms with E-state index in [1.54, 1.807) is 26.4 Å². The molecule has 9 heteroatoms. The summed E-state index contributed by atoms with van der Waals surface area (Å²) in [6, 6.07) is 11.6. The van der Waals surface area contributed by atoms with Crippen molar-refractivity contribution in [1.29, 1.82) is 0 Å². The van der Waals surface area contributed by atoms with Gasteiger partial charge in [0, 0.05) is 29.8 Å². The van der Waals surface area contributed by atoms with Crippen LogP contribution in [-0.2, 0) is 6.54 Å². The average molecular weight is 398 g/mol. The molecule has 0 saturated heterocycles. The largest absolute Gasteiger partial charge is 0.493 e. The Bertz CT molecular complexity index is 987. The highest BCUT2D eigenvalue weighted by Gasteiger charge is 2.21. The van der Waals surface area contributed by atoms with E-state index in [9.17, 15) is 10.1 Å². The Labute approximate surface area is 168 Å². The SMILES string of the molecule is COc1cccc(CN(C)[C@H](C)c2nnc(-c3ccc([N+](=O)[O-])cc3)o2)c1OC. The molecule has 3 aromatic rings. The summed E-state index contributed by atoms with van der Waals surface area (Å²) >= 11 is 0. The Morgan fingerprint density at radius 2 is 1.86 bits per heavy atom. The second kappa shape index (κ2) is 8.70. The summed E-state index contributed by atoms with van der Waals surface area (Å²) in [7, 11) is 5.16. The van der Waals surface area contributed by atoms with E-state index < -0.39 is 4.92 Å². The second-order valence-electron chi connectivity index (χ2n) is 6.49. The average Bonchev–Trinajstić information content (AvgIpc) is 3.23. The van der Waals surface area contributed by atoms with Crippen molar-refractivity contribution in [3.8, 4) is 23.0 Å². The maximum Gasteiger partial charge on any atom is 0.269 e. The minimum Gasteiger partial charge on any atom is -0.493 e. The number of para-hydroxylation sites is 1. The van der Waals surface area contributed by atoms with Crippen molar-refractivity contribution >= 4 is 5.69 Å². The number of non-ortho nitro benzene ring substituents is 1. The molecule has 0 aliphatic rings. The van der Waals surface area contributed by atoms with Gasteiger partial charge in [0.15, 0.2) is 11.5 Å². The van der Waals surface area contributed by atoms with Gasteiger partial charge in [-0.3, -0.25) is 15.0 Å². The van der Waals surface area contributed by atoms with Crippen molar-refractivity contribution in [2.75, 3.05) is 21.3 Å². The molecular weight excluding hydrogens is 376 g/mol. The summed E-state index contributed by atoms with van der Waals surface area (Å²) in [5, 5.41) is 19.0. The summed E-state index contributed by atoms with van der Waals surface area (Å²) in [5.41, 5.74) is 1.60. The molecule has 152 valence electrons. The van der Waals surface area contributed by atoms with Gasteiger partial charge < -0.3 is 13.9 Å². The fourth-order valence-electron chi connectivity index (χ4n) is 2.92. The molecule has 0 aliphatic carbocycles. The summed E-state index contributed by atoms with van der Waals surface area (Å²) in [4.78, 5) is 12.4. The number of methoxy groups -OCH3 is 2. The van der Waals surface area contributed by atoms with Crippen molar-refractivity contribution in [2.24, 2.45) is 0 Å². The van der Waals surface area contributed by atoms with Gasteiger partial charge in [-0.05, 0) is 32.2 Å². The van der Waals surface area contributed by atoms with Gasteiger partial charge in [0.1, 0.15) is 0 Å². The molecule has 1 heterocycles. The van der Waals surface area contributed by atoms with E-state index >= 15 is 0 Å². The third-order valence-corrected chi connectivity index (χ3v) is 4.69. The number of nitrogens with zero attached hydrogens (tertiary/aromatic N) is 4. The van der Waals surface area contributed by atoms with Gasteiger partial charge in [-0.1, -0.05) is 12.1 Å². The number of nitro benzene ring substituents is 1. The van der Waals surface area contributed by atoms with E-state index in [2.05, 4.69) is 10.2 Å². The zero-order valence-corrected chi connectivity index (χ0v) is 16.7. The fourth-order valence-corrected chi connectivity index (χ4v) is 2.92. The summed E-state index contributed by atoms with van der Waals surface area (Å²) < 4.78 is 16.6. The molecule has 0 aliphatic heterocycles. The van der Waals surface area contributed by atoms with Gasteiger partial charge in [-0.25, -0.2) is 0 Å². The predicted molar refractivity (Wildman–Crippen MR) is 106 cm³/mol. The van der Waals surface area contributed by atoms with Gasteiger partial charge >= 0.3 is 0 Å². The molecule has 0 fully saturated rings. The number of benzene rings is 2. The molecule has 1 aromatic heterocycles. The van der Waals surface area contributed by atoms with Crippen LogP contribution in [0.3, 0.4) is 0 Å². The highest BCUT2D eigenvalue weighted by Crippen LogP contribution is 2.33. The van der Waals surface area contributed by atoms with Crippen LogP contribution in [0.2, 0.25) is 0 Å². The van der Waals surface area contributed by atoms with Crippen LogP contribution >= 0.6 is 0 Å². The van der Waals surface area contributed by atoms with E-state index in [-0.39, 0.29) is 11.7 Å². The Morgan fingerprint density at radius 3 is 2.48 bits per heavy atom. The van der Waals surface area contributed by atoms with E-state index in [1.807, 2.05) is 37.1 Å². The van der Waals surface area contributed by atoms with Crippen molar-refractivity contribution < 1.29 is 18.8 Å². The molecule has 3 rings (SSSR count). The van der Waals surface area contributed by atoms with E-state index in [1.165, 1.54) is 12.1 Å². The fraction of sp³-hybridized carbons (Fsp3) is 0.300. The number of ether oxygens (including phenoxy) is 2. The first-order valence-corrected chi connectivity index (χ1v) is 8.93. The van der Waals surface area contributed by atoms with Crippen molar-refractivity contribution in [1.82, 2.24) is 15.1 Å². The maximum absolute atomic E-state index is 10.8. The molecule has 0 saturated carbocycles. The van der Waals surface area contributed by atoms with Crippen molar-refractivity contribution in [3.05, 3.63) is 64.0 Å². The van der Waals surface area contributed by atoms with Gasteiger partial charge in [0.25, 0.3) is 5.69 Å². The lowest BCUT2D eigenvalue weighted by molar-refractivity contribution is -0.384. The first kappa shape index (κ1) is 20.3. The number of hydrogen-bond acceptors (Lipinski definition) is 8. The molecule has 0 unspecified atom stereocenters. The third kappa shape index (κ3) is 4.35. The monoisotopic (exact) mass is 398 g/mol. The summed E-state index contributed by atoms with van der Waals surface area (Å²) in [6.07, 6.45) is 0. The van der Waals surface area contributed by atoms with Gasteiger partial charge in [0.05, 0.1) is 25.2 Å². The second-order valence-corrected chi connectivity index (χ2v) is 6.49. The lowest BCUT2D eigenvalue weighted by atomic mass is 10.1. The number of hydrogen-bond donors (Lipinski definition) is 0. The van der Waals surface area contributed by atoms with Crippen molar-refractivity contribution in [3.63, 3.8) is 0 Å². The standard InChI is InChI=1S/C20H22N4O5/c1-13(23(2)12-15-6-5-7-17(27-3)18(15)28-4)19-21-22-20(29-19)14-8-10-16(11-9-14)24(25)26/h5-11,13H,12H2,1-4H3/t13-/m1/s1. The first-order chi connectivity index (χ1) is 13.9. The van der Waals surface area contributed by atoms with Crippen LogP contribution in [0.4, 0.5) is 5.69 Å². The molecule has 0 amide bonds. The zero-order valence-electron chi connectivity index (χ0n) is 16.7. The summed E-state index contributed by atoms with van der Waals surface area (Å²) in [6.45, 7) is 2.54. The molecule has 0 bridgehead atoms. The molecule has 0 radical (unpaired) electrons. The number of aromatic nitrogens is 2. The topological polar surface area (TPSA) is 104 Å². The van der Waals surface area contributed by atoms with Crippen molar-refractivity contribution in [2.45, 2.75) is 19.5 Å². The maximum atomic E-state index is 10.8. The molecule has 1 atom stereocenters. The Hall–Kier alpha value is -3.46. The van der Waals surface area contributed by atoms with Crippen LogP contribution < -0.4 is 9.47 Å². The lowest BCUT2D eigenvalue weighted by Gasteiger charge is -2.23. The number of nitro groups is 1. The first-order valence-electron chi connectivity index (χ1n) is 8.93. The minimum absolute atomic E-state index is 0.00817. The highest BCUT2D eigenvalue weighted by atomic mass is 16.6. The van der Waals surface area contributed by atoms with Crippen LogP contribution in [0.25, 0.3) is 11.5 Å². The molecule has 0 N–H and O–H groups in total.